The van der Waals surface area contributed by atoms with Crippen LogP contribution in [-0.2, 0) is 16.0 Å². The van der Waals surface area contributed by atoms with E-state index >= 15 is 0 Å². The van der Waals surface area contributed by atoms with E-state index in [2.05, 4.69) is 42.2 Å². The fourth-order valence-corrected chi connectivity index (χ4v) is 3.25. The molecule has 1 spiro atoms. The van der Waals surface area contributed by atoms with Crippen LogP contribution in [0.5, 0.6) is 0 Å². The minimum absolute atomic E-state index is 0.0748. The van der Waals surface area contributed by atoms with Crippen molar-refractivity contribution in [3.8, 4) is 0 Å². The average molecular weight is 261 g/mol. The van der Waals surface area contributed by atoms with Crippen molar-refractivity contribution < 1.29 is 9.47 Å². The van der Waals surface area contributed by atoms with Crippen molar-refractivity contribution in [2.45, 2.75) is 31.9 Å². The number of nitrogens with zero attached hydrogens (tertiary/aromatic N) is 1. The molecule has 2 saturated heterocycles. The highest BCUT2D eigenvalue weighted by atomic mass is 16.7. The summed E-state index contributed by atoms with van der Waals surface area (Å²) in [5.74, 6) is 0.514. The van der Waals surface area contributed by atoms with E-state index in [0.29, 0.717) is 12.7 Å². The molecule has 0 radical (unpaired) electrons. The molecular weight excluding hydrogens is 238 g/mol. The summed E-state index contributed by atoms with van der Waals surface area (Å²) in [5, 5.41) is 0. The van der Waals surface area contributed by atoms with Gasteiger partial charge in [0.15, 0.2) is 0 Å². The molecule has 1 aromatic carbocycles. The normalized spacial score (nSPS) is 27.5. The maximum absolute atomic E-state index is 5.97. The topological polar surface area (TPSA) is 21.7 Å². The summed E-state index contributed by atoms with van der Waals surface area (Å²) in [4.78, 5) is 2.53. The summed E-state index contributed by atoms with van der Waals surface area (Å²) in [6.45, 7) is 6.88. The Labute approximate surface area is 115 Å². The summed E-state index contributed by atoms with van der Waals surface area (Å²) < 4.78 is 11.4. The molecule has 0 N–H and O–H groups in total. The number of benzene rings is 1. The number of piperidine rings is 1. The molecule has 1 aromatic rings. The molecule has 0 bridgehead atoms. The van der Waals surface area contributed by atoms with Crippen LogP contribution in [0.2, 0.25) is 0 Å². The van der Waals surface area contributed by atoms with Gasteiger partial charge in [-0.05, 0) is 18.4 Å². The molecule has 0 aliphatic carbocycles. The zero-order valence-electron chi connectivity index (χ0n) is 11.7. The van der Waals surface area contributed by atoms with Crippen molar-refractivity contribution in [1.29, 1.82) is 0 Å². The van der Waals surface area contributed by atoms with Crippen LogP contribution in [0.15, 0.2) is 30.3 Å². The summed E-state index contributed by atoms with van der Waals surface area (Å²) in [6, 6.07) is 10.7. The molecule has 2 fully saturated rings. The second kappa shape index (κ2) is 5.61. The SMILES string of the molecule is CC1COCOC12CCN(Cc1ccccc1)CC2. The van der Waals surface area contributed by atoms with E-state index in [1.165, 1.54) is 5.56 Å². The fraction of sp³-hybridized carbons (Fsp3) is 0.625. The first-order valence-corrected chi connectivity index (χ1v) is 7.26. The van der Waals surface area contributed by atoms with E-state index < -0.39 is 0 Å². The highest BCUT2D eigenvalue weighted by Crippen LogP contribution is 2.36. The minimum Gasteiger partial charge on any atom is -0.355 e. The first-order chi connectivity index (χ1) is 9.28. The standard InChI is InChI=1S/C16H23NO2/c1-14-12-18-13-19-16(14)7-9-17(10-8-16)11-15-5-3-2-4-6-15/h2-6,14H,7-13H2,1H3. The average Bonchev–Trinajstić information content (AvgIpc) is 2.46. The third kappa shape index (κ3) is 2.83. The van der Waals surface area contributed by atoms with Gasteiger partial charge in [-0.25, -0.2) is 0 Å². The Morgan fingerprint density at radius 1 is 1.21 bits per heavy atom. The van der Waals surface area contributed by atoms with E-state index in [0.717, 1.165) is 39.1 Å². The van der Waals surface area contributed by atoms with Gasteiger partial charge < -0.3 is 9.47 Å². The van der Waals surface area contributed by atoms with Gasteiger partial charge in [0.25, 0.3) is 0 Å². The summed E-state index contributed by atoms with van der Waals surface area (Å²) in [5.41, 5.74) is 1.48. The number of rotatable bonds is 2. The van der Waals surface area contributed by atoms with Crippen molar-refractivity contribution in [3.63, 3.8) is 0 Å². The molecule has 104 valence electrons. The molecule has 3 nitrogen and oxygen atoms in total. The lowest BCUT2D eigenvalue weighted by Gasteiger charge is -2.47. The minimum atomic E-state index is 0.0748. The molecule has 2 aliphatic rings. The first kappa shape index (κ1) is 13.1. The first-order valence-electron chi connectivity index (χ1n) is 7.26. The van der Waals surface area contributed by atoms with Crippen LogP contribution in [0.4, 0.5) is 0 Å². The number of hydrogen-bond acceptors (Lipinski definition) is 3. The predicted molar refractivity (Wildman–Crippen MR) is 74.8 cm³/mol. The maximum atomic E-state index is 5.97. The quantitative estimate of drug-likeness (QED) is 0.817. The van der Waals surface area contributed by atoms with E-state index in [4.69, 9.17) is 9.47 Å². The van der Waals surface area contributed by atoms with Gasteiger partial charge in [0.2, 0.25) is 0 Å². The molecule has 1 atom stereocenters. The molecule has 0 amide bonds. The third-order valence-electron chi connectivity index (χ3n) is 4.65. The Morgan fingerprint density at radius 2 is 1.95 bits per heavy atom. The molecule has 3 rings (SSSR count). The largest absolute Gasteiger partial charge is 0.355 e. The Bertz CT molecular complexity index is 398. The Balaban J connectivity index is 1.57. The van der Waals surface area contributed by atoms with Gasteiger partial charge in [-0.15, -0.1) is 0 Å². The smallest absolute Gasteiger partial charge is 0.147 e. The van der Waals surface area contributed by atoms with Crippen LogP contribution < -0.4 is 0 Å². The predicted octanol–water partition coefficient (Wildman–Crippen LogP) is 2.66. The van der Waals surface area contributed by atoms with E-state index in [9.17, 15) is 0 Å². The zero-order chi connectivity index (χ0) is 13.1. The van der Waals surface area contributed by atoms with Crippen molar-refractivity contribution >= 4 is 0 Å². The highest BCUT2D eigenvalue weighted by molar-refractivity contribution is 5.14. The number of hydrogen-bond donors (Lipinski definition) is 0. The lowest BCUT2D eigenvalue weighted by molar-refractivity contribution is -0.236. The summed E-state index contributed by atoms with van der Waals surface area (Å²) in [7, 11) is 0. The van der Waals surface area contributed by atoms with Gasteiger partial charge in [0.05, 0.1) is 12.2 Å². The third-order valence-corrected chi connectivity index (χ3v) is 4.65. The Kier molecular flexibility index (Phi) is 3.87. The molecule has 1 unspecified atom stereocenters. The van der Waals surface area contributed by atoms with E-state index in [-0.39, 0.29) is 5.60 Å². The van der Waals surface area contributed by atoms with Crippen molar-refractivity contribution in [2.75, 3.05) is 26.5 Å². The van der Waals surface area contributed by atoms with E-state index in [1.807, 2.05) is 0 Å². The molecule has 19 heavy (non-hydrogen) atoms. The maximum Gasteiger partial charge on any atom is 0.147 e. The number of ether oxygens (including phenoxy) is 2. The Morgan fingerprint density at radius 3 is 2.63 bits per heavy atom. The van der Waals surface area contributed by atoms with Crippen molar-refractivity contribution in [1.82, 2.24) is 4.90 Å². The van der Waals surface area contributed by atoms with Crippen LogP contribution in [-0.4, -0.2) is 37.0 Å². The van der Waals surface area contributed by atoms with Crippen molar-refractivity contribution in [2.24, 2.45) is 5.92 Å². The van der Waals surface area contributed by atoms with Crippen LogP contribution in [0.1, 0.15) is 25.3 Å². The zero-order valence-corrected chi connectivity index (χ0v) is 11.7. The van der Waals surface area contributed by atoms with Crippen LogP contribution in [0.3, 0.4) is 0 Å². The Hall–Kier alpha value is -0.900. The molecule has 2 aliphatic heterocycles. The highest BCUT2D eigenvalue weighted by Gasteiger charge is 2.42. The fourth-order valence-electron chi connectivity index (χ4n) is 3.25. The van der Waals surface area contributed by atoms with Crippen molar-refractivity contribution in [3.05, 3.63) is 35.9 Å². The van der Waals surface area contributed by atoms with E-state index in [1.54, 1.807) is 0 Å². The second-order valence-corrected chi connectivity index (χ2v) is 5.86. The molecule has 2 heterocycles. The summed E-state index contributed by atoms with van der Waals surface area (Å²) in [6.07, 6.45) is 2.26. The lowest BCUT2D eigenvalue weighted by atomic mass is 9.80. The van der Waals surface area contributed by atoms with Crippen LogP contribution >= 0.6 is 0 Å². The molecular formula is C16H23NO2. The molecule has 0 saturated carbocycles. The van der Waals surface area contributed by atoms with Gasteiger partial charge in [-0.2, -0.15) is 0 Å². The van der Waals surface area contributed by atoms with Crippen LogP contribution in [0, 0.1) is 5.92 Å². The van der Waals surface area contributed by atoms with Gasteiger partial charge >= 0.3 is 0 Å². The lowest BCUT2D eigenvalue weighted by Crippen LogP contribution is -2.53. The molecule has 3 heteroatoms. The second-order valence-electron chi connectivity index (χ2n) is 5.86. The van der Waals surface area contributed by atoms with Gasteiger partial charge in [0, 0.05) is 25.6 Å². The number of likely N-dealkylation sites (tertiary alicyclic amines) is 1. The molecule has 0 aromatic heterocycles. The summed E-state index contributed by atoms with van der Waals surface area (Å²) >= 11 is 0. The van der Waals surface area contributed by atoms with Gasteiger partial charge in [-0.1, -0.05) is 37.3 Å². The van der Waals surface area contributed by atoms with Gasteiger partial charge in [-0.3, -0.25) is 4.90 Å². The van der Waals surface area contributed by atoms with Crippen LogP contribution in [0.25, 0.3) is 0 Å². The monoisotopic (exact) mass is 261 g/mol. The van der Waals surface area contributed by atoms with Gasteiger partial charge in [0.1, 0.15) is 6.79 Å².